The molecule has 0 spiro atoms. The van der Waals surface area contributed by atoms with E-state index in [0.717, 1.165) is 12.2 Å². The van der Waals surface area contributed by atoms with Crippen molar-refractivity contribution in [3.8, 4) is 6.07 Å². The Morgan fingerprint density at radius 3 is 3.15 bits per heavy atom. The van der Waals surface area contributed by atoms with Crippen molar-refractivity contribution in [2.75, 3.05) is 20.2 Å². The van der Waals surface area contributed by atoms with Crippen LogP contribution < -0.4 is 5.32 Å². The minimum absolute atomic E-state index is 0.0512. The molecule has 0 saturated heterocycles. The lowest BCUT2D eigenvalue weighted by molar-refractivity contribution is 0.277. The van der Waals surface area contributed by atoms with Crippen molar-refractivity contribution in [3.63, 3.8) is 0 Å². The highest BCUT2D eigenvalue weighted by atomic mass is 32.2. The van der Waals surface area contributed by atoms with E-state index in [0.29, 0.717) is 6.42 Å². The second-order valence-electron chi connectivity index (χ2n) is 2.82. The van der Waals surface area contributed by atoms with Crippen LogP contribution in [-0.4, -0.2) is 35.7 Å². The van der Waals surface area contributed by atoms with E-state index in [2.05, 4.69) is 11.4 Å². The zero-order valence-corrected chi connectivity index (χ0v) is 8.34. The molecule has 1 rings (SSSR count). The Morgan fingerprint density at radius 2 is 2.62 bits per heavy atom. The van der Waals surface area contributed by atoms with E-state index < -0.39 is 0 Å². The maximum absolute atomic E-state index is 8.83. The molecule has 0 bridgehead atoms. The molecule has 1 unspecified atom stereocenters. The number of nitrogens with one attached hydrogen (secondary N) is 1. The molecule has 0 aromatic carbocycles. The van der Waals surface area contributed by atoms with Gasteiger partial charge in [0.1, 0.15) is 5.50 Å². The summed E-state index contributed by atoms with van der Waals surface area (Å²) in [6.07, 6.45) is 0.531. The summed E-state index contributed by atoms with van der Waals surface area (Å²) in [6, 6.07) is 2.10. The number of thioether (sulfide) groups is 1. The SMILES string of the molecule is CN(CCC#N)C1NC(CO)=CS1. The average molecular weight is 199 g/mol. The molecule has 0 aromatic heterocycles. The summed E-state index contributed by atoms with van der Waals surface area (Å²) < 4.78 is 0. The third-order valence-electron chi connectivity index (χ3n) is 1.80. The van der Waals surface area contributed by atoms with E-state index >= 15 is 0 Å². The van der Waals surface area contributed by atoms with Gasteiger partial charge in [-0.1, -0.05) is 11.8 Å². The maximum Gasteiger partial charge on any atom is 0.131 e. The van der Waals surface area contributed by atoms with Gasteiger partial charge in [-0.05, 0) is 12.5 Å². The van der Waals surface area contributed by atoms with E-state index in [1.807, 2.05) is 17.4 Å². The molecule has 72 valence electrons. The van der Waals surface area contributed by atoms with Gasteiger partial charge < -0.3 is 10.4 Å². The highest BCUT2D eigenvalue weighted by molar-refractivity contribution is 8.02. The second-order valence-corrected chi connectivity index (χ2v) is 3.78. The van der Waals surface area contributed by atoms with Crippen molar-refractivity contribution in [1.82, 2.24) is 10.2 Å². The number of aliphatic hydroxyl groups excluding tert-OH is 1. The molecule has 0 saturated carbocycles. The minimum atomic E-state index is 0.0512. The molecule has 13 heavy (non-hydrogen) atoms. The first-order chi connectivity index (χ1) is 6.27. The van der Waals surface area contributed by atoms with Crippen LogP contribution in [-0.2, 0) is 0 Å². The van der Waals surface area contributed by atoms with Crippen molar-refractivity contribution >= 4 is 11.8 Å². The molecular formula is C8H13N3OS. The summed E-state index contributed by atoms with van der Waals surface area (Å²) in [7, 11) is 1.95. The van der Waals surface area contributed by atoms with Gasteiger partial charge in [-0.15, -0.1) is 0 Å². The van der Waals surface area contributed by atoms with Crippen LogP contribution in [0.2, 0.25) is 0 Å². The van der Waals surface area contributed by atoms with Gasteiger partial charge in [0.05, 0.1) is 12.7 Å². The van der Waals surface area contributed by atoms with E-state index in [1.165, 1.54) is 0 Å². The van der Waals surface area contributed by atoms with E-state index in [4.69, 9.17) is 10.4 Å². The second kappa shape index (κ2) is 5.12. The lowest BCUT2D eigenvalue weighted by atomic mass is 10.4. The average Bonchev–Trinajstić information content (AvgIpc) is 2.62. The minimum Gasteiger partial charge on any atom is -0.390 e. The van der Waals surface area contributed by atoms with Crippen LogP contribution in [0, 0.1) is 11.3 Å². The van der Waals surface area contributed by atoms with E-state index in [-0.39, 0.29) is 12.1 Å². The Hall–Kier alpha value is -0.700. The summed E-state index contributed by atoms with van der Waals surface area (Å²) in [5, 5.41) is 22.3. The van der Waals surface area contributed by atoms with Gasteiger partial charge in [-0.3, -0.25) is 4.90 Å². The first-order valence-electron chi connectivity index (χ1n) is 4.07. The summed E-state index contributed by atoms with van der Waals surface area (Å²) in [5.41, 5.74) is 1.01. The van der Waals surface area contributed by atoms with Gasteiger partial charge in [0.25, 0.3) is 0 Å². The Labute approximate surface area is 82.2 Å². The molecule has 0 aromatic rings. The lowest BCUT2D eigenvalue weighted by Crippen LogP contribution is -2.38. The van der Waals surface area contributed by atoms with Gasteiger partial charge in [0.2, 0.25) is 0 Å². The highest BCUT2D eigenvalue weighted by Gasteiger charge is 2.19. The fourth-order valence-corrected chi connectivity index (χ4v) is 1.98. The van der Waals surface area contributed by atoms with Crippen LogP contribution >= 0.6 is 11.8 Å². The van der Waals surface area contributed by atoms with Crippen LogP contribution in [0.5, 0.6) is 0 Å². The van der Waals surface area contributed by atoms with Crippen LogP contribution in [0.25, 0.3) is 0 Å². The summed E-state index contributed by atoms with van der Waals surface area (Å²) in [4.78, 5) is 2.05. The fourth-order valence-electron chi connectivity index (χ4n) is 1.01. The topological polar surface area (TPSA) is 59.3 Å². The molecule has 1 aliphatic heterocycles. The maximum atomic E-state index is 8.83. The first-order valence-corrected chi connectivity index (χ1v) is 5.01. The van der Waals surface area contributed by atoms with Gasteiger partial charge in [-0.2, -0.15) is 5.26 Å². The highest BCUT2D eigenvalue weighted by Crippen LogP contribution is 2.22. The molecule has 2 N–H and O–H groups in total. The van der Waals surface area contributed by atoms with Gasteiger partial charge >= 0.3 is 0 Å². The number of nitriles is 1. The molecule has 4 nitrogen and oxygen atoms in total. The Balaban J connectivity index is 2.28. The van der Waals surface area contributed by atoms with Crippen molar-refractivity contribution in [2.45, 2.75) is 11.9 Å². The van der Waals surface area contributed by atoms with Crippen molar-refractivity contribution in [2.24, 2.45) is 0 Å². The molecule has 0 fully saturated rings. The monoisotopic (exact) mass is 199 g/mol. The summed E-state index contributed by atoms with van der Waals surface area (Å²) >= 11 is 1.62. The fraction of sp³-hybridized carbons (Fsp3) is 0.625. The summed E-state index contributed by atoms with van der Waals surface area (Å²) in [5.74, 6) is 0. The van der Waals surface area contributed by atoms with E-state index in [9.17, 15) is 0 Å². The standard InChI is InChI=1S/C8H13N3OS/c1-11(4-2-3-9)8-10-7(5-12)6-13-8/h6,8,10,12H,2,4-5H2,1H3. The Bertz CT molecular complexity index is 236. The number of nitrogens with zero attached hydrogens (tertiary/aromatic N) is 2. The Kier molecular flexibility index (Phi) is 4.09. The van der Waals surface area contributed by atoms with E-state index in [1.54, 1.807) is 11.8 Å². The zero-order chi connectivity index (χ0) is 9.68. The zero-order valence-electron chi connectivity index (χ0n) is 7.53. The number of hydrogen-bond donors (Lipinski definition) is 2. The predicted molar refractivity (Wildman–Crippen MR) is 52.5 cm³/mol. The molecule has 5 heteroatoms. The van der Waals surface area contributed by atoms with Crippen LogP contribution in [0.1, 0.15) is 6.42 Å². The molecule has 0 aliphatic carbocycles. The van der Waals surface area contributed by atoms with Crippen LogP contribution in [0.15, 0.2) is 11.1 Å². The molecule has 1 aliphatic rings. The van der Waals surface area contributed by atoms with Crippen LogP contribution in [0.3, 0.4) is 0 Å². The molecule has 1 atom stereocenters. The largest absolute Gasteiger partial charge is 0.390 e. The molecule has 0 amide bonds. The normalized spacial score (nSPS) is 21.1. The Morgan fingerprint density at radius 1 is 1.85 bits per heavy atom. The number of hydrogen-bond acceptors (Lipinski definition) is 5. The van der Waals surface area contributed by atoms with Crippen molar-refractivity contribution in [3.05, 3.63) is 11.1 Å². The van der Waals surface area contributed by atoms with Crippen LogP contribution in [0.4, 0.5) is 0 Å². The lowest BCUT2D eigenvalue weighted by Gasteiger charge is -2.23. The number of aliphatic hydroxyl groups is 1. The molecule has 0 radical (unpaired) electrons. The summed E-state index contributed by atoms with van der Waals surface area (Å²) in [6.45, 7) is 0.795. The quantitative estimate of drug-likeness (QED) is 0.681. The van der Waals surface area contributed by atoms with Crippen molar-refractivity contribution < 1.29 is 5.11 Å². The van der Waals surface area contributed by atoms with Crippen molar-refractivity contribution in [1.29, 1.82) is 5.26 Å². The third kappa shape index (κ3) is 2.92. The third-order valence-corrected chi connectivity index (χ3v) is 2.95. The van der Waals surface area contributed by atoms with Gasteiger partial charge in [-0.25, -0.2) is 0 Å². The smallest absolute Gasteiger partial charge is 0.131 e. The van der Waals surface area contributed by atoms with Gasteiger partial charge in [0, 0.05) is 18.7 Å². The van der Waals surface area contributed by atoms with Gasteiger partial charge in [0.15, 0.2) is 0 Å². The molecular weight excluding hydrogens is 186 g/mol. The first kappa shape index (κ1) is 10.4. The predicted octanol–water partition coefficient (Wildman–Crippen LogP) is 0.286. The number of rotatable bonds is 4. The molecule has 1 heterocycles.